The fraction of sp³-hybridized carbons (Fsp3) is 0.100. The van der Waals surface area contributed by atoms with E-state index in [-0.39, 0.29) is 5.56 Å². The van der Waals surface area contributed by atoms with Crippen molar-refractivity contribution >= 4 is 11.8 Å². The number of anilines is 1. The van der Waals surface area contributed by atoms with E-state index in [4.69, 9.17) is 5.11 Å². The van der Waals surface area contributed by atoms with Crippen LogP contribution in [0.15, 0.2) is 24.5 Å². The van der Waals surface area contributed by atoms with Crippen molar-refractivity contribution in [3.8, 4) is 11.5 Å². The molecule has 0 aliphatic heterocycles. The van der Waals surface area contributed by atoms with Crippen LogP contribution in [0.25, 0.3) is 11.5 Å². The van der Waals surface area contributed by atoms with Gasteiger partial charge in [0, 0.05) is 19.4 Å². The number of aromatic carboxylic acids is 1. The van der Waals surface area contributed by atoms with Crippen LogP contribution in [0, 0.1) is 0 Å². The highest BCUT2D eigenvalue weighted by atomic mass is 16.4. The summed E-state index contributed by atoms with van der Waals surface area (Å²) in [5.74, 6) is -0.297. The van der Waals surface area contributed by atoms with E-state index >= 15 is 0 Å². The zero-order valence-corrected chi connectivity index (χ0v) is 8.56. The molecule has 2 aromatic rings. The van der Waals surface area contributed by atoms with Gasteiger partial charge >= 0.3 is 5.97 Å². The van der Waals surface area contributed by atoms with Gasteiger partial charge in [0.05, 0.1) is 5.69 Å². The molecule has 0 unspecified atom stereocenters. The van der Waals surface area contributed by atoms with E-state index < -0.39 is 5.97 Å². The fourth-order valence-electron chi connectivity index (χ4n) is 1.33. The third-order valence-electron chi connectivity index (χ3n) is 2.09. The zero-order chi connectivity index (χ0) is 11.5. The molecule has 16 heavy (non-hydrogen) atoms. The molecule has 0 bridgehead atoms. The van der Waals surface area contributed by atoms with Gasteiger partial charge in [0.2, 0.25) is 0 Å². The molecule has 0 fully saturated rings. The number of H-pyrrole nitrogens is 1. The monoisotopic (exact) mass is 218 g/mol. The molecule has 0 aliphatic rings. The first-order valence-electron chi connectivity index (χ1n) is 4.64. The van der Waals surface area contributed by atoms with Crippen molar-refractivity contribution in [2.24, 2.45) is 0 Å². The lowest BCUT2D eigenvalue weighted by Gasteiger charge is -2.05. The van der Waals surface area contributed by atoms with Crippen molar-refractivity contribution in [3.05, 3.63) is 30.1 Å². The molecule has 0 saturated carbocycles. The maximum atomic E-state index is 10.9. The summed E-state index contributed by atoms with van der Waals surface area (Å²) in [6, 6.07) is 3.64. The molecule has 0 spiro atoms. The van der Waals surface area contributed by atoms with Crippen molar-refractivity contribution in [2.75, 3.05) is 12.4 Å². The summed E-state index contributed by atoms with van der Waals surface area (Å²) < 4.78 is 0. The fourth-order valence-corrected chi connectivity index (χ4v) is 1.33. The van der Waals surface area contributed by atoms with Crippen LogP contribution in [0.5, 0.6) is 0 Å². The number of hydrogen-bond acceptors (Lipinski definition) is 4. The predicted molar refractivity (Wildman–Crippen MR) is 58.3 cm³/mol. The SMILES string of the molecule is CNc1nc(-c2ccc[nH]2)ncc1C(=O)O. The van der Waals surface area contributed by atoms with Gasteiger partial charge < -0.3 is 15.4 Å². The summed E-state index contributed by atoms with van der Waals surface area (Å²) >= 11 is 0. The Hall–Kier alpha value is -2.37. The molecule has 6 nitrogen and oxygen atoms in total. The third kappa shape index (κ3) is 1.72. The third-order valence-corrected chi connectivity index (χ3v) is 2.09. The van der Waals surface area contributed by atoms with Crippen LogP contribution < -0.4 is 5.32 Å². The number of nitrogens with one attached hydrogen (secondary N) is 2. The highest BCUT2D eigenvalue weighted by molar-refractivity contribution is 5.92. The van der Waals surface area contributed by atoms with Crippen LogP contribution >= 0.6 is 0 Å². The Bertz CT molecular complexity index is 508. The maximum Gasteiger partial charge on any atom is 0.341 e. The first-order chi connectivity index (χ1) is 7.72. The average molecular weight is 218 g/mol. The molecule has 0 amide bonds. The number of hydrogen-bond donors (Lipinski definition) is 3. The predicted octanol–water partition coefficient (Wildman–Crippen LogP) is 1.21. The second kappa shape index (κ2) is 4.01. The molecule has 0 radical (unpaired) electrons. The minimum atomic E-state index is -1.05. The Kier molecular flexibility index (Phi) is 2.55. The number of rotatable bonds is 3. The van der Waals surface area contributed by atoms with Crippen molar-refractivity contribution in [1.82, 2.24) is 15.0 Å². The summed E-state index contributed by atoms with van der Waals surface area (Å²) in [6.07, 6.45) is 3.04. The molecular weight excluding hydrogens is 208 g/mol. The molecule has 3 N–H and O–H groups in total. The Morgan fingerprint density at radius 2 is 2.38 bits per heavy atom. The van der Waals surface area contributed by atoms with Gasteiger partial charge in [-0.15, -0.1) is 0 Å². The first kappa shape index (κ1) is 10.2. The molecule has 0 aliphatic carbocycles. The number of carboxylic acid groups (broad SMARTS) is 1. The van der Waals surface area contributed by atoms with E-state index in [0.717, 1.165) is 5.69 Å². The van der Waals surface area contributed by atoms with Gasteiger partial charge in [0.15, 0.2) is 5.82 Å². The normalized spacial score (nSPS) is 10.1. The minimum absolute atomic E-state index is 0.0535. The second-order valence-corrected chi connectivity index (χ2v) is 3.09. The van der Waals surface area contributed by atoms with Crippen molar-refractivity contribution in [1.29, 1.82) is 0 Å². The summed E-state index contributed by atoms with van der Waals surface area (Å²) in [4.78, 5) is 21.9. The van der Waals surface area contributed by atoms with Gasteiger partial charge in [-0.2, -0.15) is 0 Å². The van der Waals surface area contributed by atoms with Gasteiger partial charge in [-0.25, -0.2) is 14.8 Å². The Morgan fingerprint density at radius 3 is 2.94 bits per heavy atom. The zero-order valence-electron chi connectivity index (χ0n) is 8.56. The van der Waals surface area contributed by atoms with Crippen LogP contribution in [-0.4, -0.2) is 33.1 Å². The van der Waals surface area contributed by atoms with Crippen molar-refractivity contribution < 1.29 is 9.90 Å². The second-order valence-electron chi connectivity index (χ2n) is 3.09. The number of nitrogens with zero attached hydrogens (tertiary/aromatic N) is 2. The highest BCUT2D eigenvalue weighted by Gasteiger charge is 2.13. The van der Waals surface area contributed by atoms with Gasteiger partial charge in [-0.3, -0.25) is 0 Å². The summed E-state index contributed by atoms with van der Waals surface area (Å²) in [5, 5.41) is 11.6. The molecule has 6 heteroatoms. The number of aromatic amines is 1. The van der Waals surface area contributed by atoms with E-state index in [9.17, 15) is 4.79 Å². The lowest BCUT2D eigenvalue weighted by Crippen LogP contribution is -2.07. The van der Waals surface area contributed by atoms with E-state index in [1.165, 1.54) is 6.20 Å². The van der Waals surface area contributed by atoms with Gasteiger partial charge in [-0.05, 0) is 12.1 Å². The summed E-state index contributed by atoms with van der Waals surface area (Å²) in [7, 11) is 1.62. The van der Waals surface area contributed by atoms with Crippen LogP contribution in [0.4, 0.5) is 5.82 Å². The quantitative estimate of drug-likeness (QED) is 0.720. The van der Waals surface area contributed by atoms with Gasteiger partial charge in [0.25, 0.3) is 0 Å². The van der Waals surface area contributed by atoms with Crippen molar-refractivity contribution in [3.63, 3.8) is 0 Å². The van der Waals surface area contributed by atoms with E-state index in [1.54, 1.807) is 13.2 Å². The lowest BCUT2D eigenvalue weighted by molar-refractivity contribution is 0.0697. The van der Waals surface area contributed by atoms with E-state index in [0.29, 0.717) is 11.6 Å². The average Bonchev–Trinajstić information content (AvgIpc) is 2.81. The standard InChI is InChI=1S/C10H10N4O2/c1-11-8-6(10(15)16)5-13-9(14-8)7-3-2-4-12-7/h2-5,12H,1H3,(H,15,16)(H,11,13,14). The molecule has 0 atom stereocenters. The Labute approximate surface area is 91.4 Å². The summed E-state index contributed by atoms with van der Waals surface area (Å²) in [5.41, 5.74) is 0.797. The smallest absolute Gasteiger partial charge is 0.341 e. The van der Waals surface area contributed by atoms with Crippen LogP contribution in [0.2, 0.25) is 0 Å². The minimum Gasteiger partial charge on any atom is -0.477 e. The number of carbonyl (C=O) groups is 1. The largest absolute Gasteiger partial charge is 0.477 e. The Balaban J connectivity index is 2.49. The van der Waals surface area contributed by atoms with Crippen LogP contribution in [-0.2, 0) is 0 Å². The van der Waals surface area contributed by atoms with Gasteiger partial charge in [-0.1, -0.05) is 0 Å². The maximum absolute atomic E-state index is 10.9. The van der Waals surface area contributed by atoms with Crippen LogP contribution in [0.3, 0.4) is 0 Å². The first-order valence-corrected chi connectivity index (χ1v) is 4.64. The molecule has 82 valence electrons. The highest BCUT2D eigenvalue weighted by Crippen LogP contribution is 2.17. The number of aromatic nitrogens is 3. The Morgan fingerprint density at radius 1 is 1.56 bits per heavy atom. The molecule has 0 saturated heterocycles. The van der Waals surface area contributed by atoms with Crippen molar-refractivity contribution in [2.45, 2.75) is 0 Å². The topological polar surface area (TPSA) is 90.9 Å². The number of carboxylic acids is 1. The molecular formula is C10H10N4O2. The molecule has 2 rings (SSSR count). The van der Waals surface area contributed by atoms with Gasteiger partial charge in [0.1, 0.15) is 11.4 Å². The lowest BCUT2D eigenvalue weighted by atomic mass is 10.3. The molecule has 0 aromatic carbocycles. The molecule has 2 aromatic heterocycles. The van der Waals surface area contributed by atoms with E-state index in [2.05, 4.69) is 20.3 Å². The summed E-state index contributed by atoms with van der Waals surface area (Å²) in [6.45, 7) is 0. The molecule has 2 heterocycles. The van der Waals surface area contributed by atoms with Crippen LogP contribution in [0.1, 0.15) is 10.4 Å². The van der Waals surface area contributed by atoms with E-state index in [1.807, 2.05) is 12.1 Å².